The van der Waals surface area contributed by atoms with Crippen LogP contribution in [0.1, 0.15) is 6.42 Å². The van der Waals surface area contributed by atoms with Crippen molar-refractivity contribution in [3.63, 3.8) is 0 Å². The van der Waals surface area contributed by atoms with Crippen LogP contribution in [0.25, 0.3) is 0 Å². The molecule has 0 aliphatic heterocycles. The molecule has 0 aliphatic carbocycles. The maximum absolute atomic E-state index is 12.9. The monoisotopic (exact) mass is 198 g/mol. The van der Waals surface area contributed by atoms with Gasteiger partial charge in [0.25, 0.3) is 0 Å². The molecule has 0 unspecified atom stereocenters. The van der Waals surface area contributed by atoms with Crippen molar-refractivity contribution >= 4 is 5.91 Å². The molecule has 5 heteroatoms. The standard InChI is InChI=1S/C9H11FN2O2/c10-7-3-1-2-4-8(7)14-6-5-9(13)12-11/h1-4H,5-6,11H2,(H,12,13). The third-order valence-electron chi connectivity index (χ3n) is 1.58. The van der Waals surface area contributed by atoms with E-state index in [1.54, 1.807) is 12.1 Å². The third-order valence-corrected chi connectivity index (χ3v) is 1.58. The molecule has 76 valence electrons. The highest BCUT2D eigenvalue weighted by atomic mass is 19.1. The second-order valence-electron chi connectivity index (χ2n) is 2.60. The van der Waals surface area contributed by atoms with Gasteiger partial charge in [-0.2, -0.15) is 0 Å². The van der Waals surface area contributed by atoms with E-state index < -0.39 is 5.82 Å². The predicted octanol–water partition coefficient (Wildman–Crippen LogP) is 0.584. The maximum atomic E-state index is 12.9. The van der Waals surface area contributed by atoms with Crippen LogP contribution in [0.2, 0.25) is 0 Å². The van der Waals surface area contributed by atoms with Crippen LogP contribution in [0.15, 0.2) is 24.3 Å². The van der Waals surface area contributed by atoms with Crippen molar-refractivity contribution in [1.82, 2.24) is 5.43 Å². The lowest BCUT2D eigenvalue weighted by atomic mass is 10.3. The molecule has 1 aromatic carbocycles. The van der Waals surface area contributed by atoms with Crippen LogP contribution >= 0.6 is 0 Å². The molecule has 0 bridgehead atoms. The summed E-state index contributed by atoms with van der Waals surface area (Å²) in [4.78, 5) is 10.7. The topological polar surface area (TPSA) is 64.3 Å². The molecule has 0 radical (unpaired) electrons. The molecule has 0 aliphatic rings. The van der Waals surface area contributed by atoms with E-state index in [-0.39, 0.29) is 24.7 Å². The molecule has 14 heavy (non-hydrogen) atoms. The minimum absolute atomic E-state index is 0.101. The Morgan fingerprint density at radius 1 is 1.50 bits per heavy atom. The highest BCUT2D eigenvalue weighted by Crippen LogP contribution is 2.15. The smallest absolute Gasteiger partial charge is 0.237 e. The highest BCUT2D eigenvalue weighted by molar-refractivity contribution is 5.75. The number of rotatable bonds is 4. The number of hydrogen-bond acceptors (Lipinski definition) is 3. The average Bonchev–Trinajstić information content (AvgIpc) is 2.20. The van der Waals surface area contributed by atoms with Crippen LogP contribution in [-0.4, -0.2) is 12.5 Å². The van der Waals surface area contributed by atoms with E-state index in [1.807, 2.05) is 5.43 Å². The van der Waals surface area contributed by atoms with Crippen molar-refractivity contribution in [2.45, 2.75) is 6.42 Å². The van der Waals surface area contributed by atoms with Gasteiger partial charge in [0.2, 0.25) is 5.91 Å². The molecule has 0 aromatic heterocycles. The summed E-state index contributed by atoms with van der Waals surface area (Å²) in [5.41, 5.74) is 1.95. The van der Waals surface area contributed by atoms with Gasteiger partial charge in [-0.25, -0.2) is 10.2 Å². The van der Waals surface area contributed by atoms with Crippen LogP contribution in [0, 0.1) is 5.82 Å². The van der Waals surface area contributed by atoms with Gasteiger partial charge in [0.15, 0.2) is 11.6 Å². The molecule has 0 spiro atoms. The summed E-state index contributed by atoms with van der Waals surface area (Å²) in [7, 11) is 0. The van der Waals surface area contributed by atoms with Gasteiger partial charge in [-0.3, -0.25) is 10.2 Å². The number of nitrogens with two attached hydrogens (primary N) is 1. The number of halogens is 1. The maximum Gasteiger partial charge on any atom is 0.237 e. The summed E-state index contributed by atoms with van der Waals surface area (Å²) in [5.74, 6) is 4.20. The van der Waals surface area contributed by atoms with E-state index in [0.29, 0.717) is 0 Å². The van der Waals surface area contributed by atoms with Crippen molar-refractivity contribution in [2.24, 2.45) is 5.84 Å². The quantitative estimate of drug-likeness (QED) is 0.422. The Balaban J connectivity index is 2.39. The first-order chi connectivity index (χ1) is 6.74. The molecular weight excluding hydrogens is 187 g/mol. The van der Waals surface area contributed by atoms with Crippen molar-refractivity contribution in [1.29, 1.82) is 0 Å². The van der Waals surface area contributed by atoms with E-state index >= 15 is 0 Å². The van der Waals surface area contributed by atoms with E-state index in [4.69, 9.17) is 10.6 Å². The molecule has 1 aromatic rings. The number of ether oxygens (including phenoxy) is 1. The van der Waals surface area contributed by atoms with Gasteiger partial charge in [0.1, 0.15) is 0 Å². The number of carbonyl (C=O) groups is 1. The third kappa shape index (κ3) is 3.02. The van der Waals surface area contributed by atoms with Crippen molar-refractivity contribution in [3.05, 3.63) is 30.1 Å². The Morgan fingerprint density at radius 3 is 2.86 bits per heavy atom. The Labute approximate surface area is 80.8 Å². The molecule has 0 atom stereocenters. The van der Waals surface area contributed by atoms with Gasteiger partial charge in [-0.15, -0.1) is 0 Å². The van der Waals surface area contributed by atoms with Crippen molar-refractivity contribution in [2.75, 3.05) is 6.61 Å². The van der Waals surface area contributed by atoms with Gasteiger partial charge in [0.05, 0.1) is 13.0 Å². The van der Waals surface area contributed by atoms with E-state index in [2.05, 4.69) is 0 Å². The van der Waals surface area contributed by atoms with Crippen LogP contribution in [-0.2, 0) is 4.79 Å². The van der Waals surface area contributed by atoms with Gasteiger partial charge >= 0.3 is 0 Å². The Morgan fingerprint density at radius 2 is 2.21 bits per heavy atom. The van der Waals surface area contributed by atoms with E-state index in [0.717, 1.165) is 0 Å². The first-order valence-electron chi connectivity index (χ1n) is 4.11. The summed E-state index contributed by atoms with van der Waals surface area (Å²) in [6, 6.07) is 6.00. The lowest BCUT2D eigenvalue weighted by Crippen LogP contribution is -2.31. The number of hydrazine groups is 1. The normalized spacial score (nSPS) is 9.57. The van der Waals surface area contributed by atoms with Crippen molar-refractivity contribution in [3.8, 4) is 5.75 Å². The number of para-hydroxylation sites is 1. The zero-order valence-electron chi connectivity index (χ0n) is 7.50. The molecule has 0 saturated heterocycles. The lowest BCUT2D eigenvalue weighted by molar-refractivity contribution is -0.121. The highest BCUT2D eigenvalue weighted by Gasteiger charge is 2.02. The summed E-state index contributed by atoms with van der Waals surface area (Å²) in [5, 5.41) is 0. The number of amides is 1. The Bertz CT molecular complexity index is 317. The van der Waals surface area contributed by atoms with Crippen LogP contribution in [0.4, 0.5) is 4.39 Å². The lowest BCUT2D eigenvalue weighted by Gasteiger charge is -2.05. The first-order valence-corrected chi connectivity index (χ1v) is 4.11. The van der Waals surface area contributed by atoms with Crippen LogP contribution in [0.3, 0.4) is 0 Å². The second kappa shape index (κ2) is 5.18. The number of nitrogens with one attached hydrogen (secondary N) is 1. The van der Waals surface area contributed by atoms with Gasteiger partial charge < -0.3 is 4.74 Å². The molecule has 1 amide bonds. The second-order valence-corrected chi connectivity index (χ2v) is 2.60. The minimum Gasteiger partial charge on any atom is -0.490 e. The molecular formula is C9H11FN2O2. The van der Waals surface area contributed by atoms with Gasteiger partial charge in [-0.1, -0.05) is 12.1 Å². The van der Waals surface area contributed by atoms with Crippen LogP contribution in [0.5, 0.6) is 5.75 Å². The summed E-state index contributed by atoms with van der Waals surface area (Å²) in [6.45, 7) is 0.101. The SMILES string of the molecule is NNC(=O)CCOc1ccccc1F. The number of benzene rings is 1. The molecule has 0 fully saturated rings. The first kappa shape index (κ1) is 10.5. The zero-order chi connectivity index (χ0) is 10.4. The number of carbonyl (C=O) groups excluding carboxylic acids is 1. The fraction of sp³-hybridized carbons (Fsp3) is 0.222. The fourth-order valence-electron chi connectivity index (χ4n) is 0.888. The van der Waals surface area contributed by atoms with Crippen molar-refractivity contribution < 1.29 is 13.9 Å². The summed E-state index contributed by atoms with van der Waals surface area (Å²) in [6.07, 6.45) is 0.102. The Hall–Kier alpha value is -1.62. The Kier molecular flexibility index (Phi) is 3.87. The van der Waals surface area contributed by atoms with Crippen LogP contribution < -0.4 is 16.0 Å². The largest absolute Gasteiger partial charge is 0.490 e. The van der Waals surface area contributed by atoms with Gasteiger partial charge in [0, 0.05) is 0 Å². The summed E-state index contributed by atoms with van der Waals surface area (Å²) >= 11 is 0. The minimum atomic E-state index is -0.444. The molecule has 0 heterocycles. The average molecular weight is 198 g/mol. The summed E-state index contributed by atoms with van der Waals surface area (Å²) < 4.78 is 18.0. The molecule has 1 rings (SSSR count). The number of hydrogen-bond donors (Lipinski definition) is 2. The van der Waals surface area contributed by atoms with Gasteiger partial charge in [-0.05, 0) is 12.1 Å². The fourth-order valence-corrected chi connectivity index (χ4v) is 0.888. The van der Waals surface area contributed by atoms with E-state index in [9.17, 15) is 9.18 Å². The zero-order valence-corrected chi connectivity index (χ0v) is 7.50. The predicted molar refractivity (Wildman–Crippen MR) is 48.8 cm³/mol. The molecule has 3 N–H and O–H groups in total. The van der Waals surface area contributed by atoms with E-state index in [1.165, 1.54) is 12.1 Å². The molecule has 4 nitrogen and oxygen atoms in total. The molecule has 0 saturated carbocycles.